The molecule has 6 nitrogen and oxygen atoms in total. The molecule has 0 unspecified atom stereocenters. The number of aliphatic hydroxyl groups is 1. The van der Waals surface area contributed by atoms with Gasteiger partial charge in [0.15, 0.2) is 9.84 Å². The maximum atomic E-state index is 12.3. The molecule has 1 atom stereocenters. The maximum absolute atomic E-state index is 12.3. The van der Waals surface area contributed by atoms with Crippen molar-refractivity contribution in [2.45, 2.75) is 11.3 Å². The second kappa shape index (κ2) is 7.21. The Balaban J connectivity index is 2.01. The molecule has 1 aliphatic heterocycles. The summed E-state index contributed by atoms with van der Waals surface area (Å²) < 4.78 is 28.2. The highest BCUT2D eigenvalue weighted by Crippen LogP contribution is 2.13. The number of hydrogen-bond acceptors (Lipinski definition) is 5. The fourth-order valence-corrected chi connectivity index (χ4v) is 2.99. The van der Waals surface area contributed by atoms with Crippen molar-refractivity contribution in [1.29, 1.82) is 0 Å². The van der Waals surface area contributed by atoms with E-state index in [1.807, 2.05) is 0 Å². The van der Waals surface area contributed by atoms with Gasteiger partial charge in [0.1, 0.15) is 0 Å². The maximum Gasteiger partial charge on any atom is 0.227 e. The molecule has 0 bridgehead atoms. The van der Waals surface area contributed by atoms with Gasteiger partial charge in [0.25, 0.3) is 0 Å². The van der Waals surface area contributed by atoms with Gasteiger partial charge in [-0.05, 0) is 17.7 Å². The Morgan fingerprint density at radius 3 is 2.64 bits per heavy atom. The number of carbonyl (C=O) groups excluding carboxylic acids is 1. The first-order valence-electron chi connectivity index (χ1n) is 7.15. The lowest BCUT2D eigenvalue weighted by Gasteiger charge is -2.22. The van der Waals surface area contributed by atoms with E-state index in [-0.39, 0.29) is 29.7 Å². The quantitative estimate of drug-likeness (QED) is 0.848. The summed E-state index contributed by atoms with van der Waals surface area (Å²) >= 11 is 0. The predicted molar refractivity (Wildman–Crippen MR) is 81.2 cm³/mol. The average molecular weight is 327 g/mol. The third kappa shape index (κ3) is 4.53. The van der Waals surface area contributed by atoms with Crippen LogP contribution >= 0.6 is 0 Å². The fraction of sp³-hybridized carbons (Fsp3) is 0.533. The van der Waals surface area contributed by atoms with Crippen LogP contribution in [0.25, 0.3) is 0 Å². The highest BCUT2D eigenvalue weighted by molar-refractivity contribution is 7.90. The van der Waals surface area contributed by atoms with Crippen molar-refractivity contribution in [2.24, 2.45) is 5.92 Å². The van der Waals surface area contributed by atoms with E-state index in [0.29, 0.717) is 26.3 Å². The molecule has 0 aliphatic carbocycles. The summed E-state index contributed by atoms with van der Waals surface area (Å²) in [7, 11) is -3.22. The minimum absolute atomic E-state index is 0.00711. The molecule has 1 heterocycles. The molecule has 1 fully saturated rings. The number of benzene rings is 1. The second-order valence-corrected chi connectivity index (χ2v) is 7.57. The Bertz CT molecular complexity index is 611. The Morgan fingerprint density at radius 1 is 1.36 bits per heavy atom. The van der Waals surface area contributed by atoms with Crippen molar-refractivity contribution in [3.63, 3.8) is 0 Å². The molecular formula is C15H21NO5S. The van der Waals surface area contributed by atoms with Crippen LogP contribution in [0.4, 0.5) is 0 Å². The molecule has 2 rings (SSSR count). The van der Waals surface area contributed by atoms with E-state index in [1.165, 1.54) is 12.1 Å². The predicted octanol–water partition coefficient (Wildman–Crippen LogP) is 0.0999. The van der Waals surface area contributed by atoms with Gasteiger partial charge in [0.05, 0.1) is 24.5 Å². The van der Waals surface area contributed by atoms with Gasteiger partial charge in [-0.25, -0.2) is 8.42 Å². The van der Waals surface area contributed by atoms with Gasteiger partial charge in [-0.15, -0.1) is 0 Å². The van der Waals surface area contributed by atoms with Crippen LogP contribution in [0.2, 0.25) is 0 Å². The van der Waals surface area contributed by atoms with Crippen LogP contribution in [0.3, 0.4) is 0 Å². The first-order chi connectivity index (χ1) is 10.4. The Hall–Kier alpha value is -1.44. The normalized spacial score (nSPS) is 19.7. The summed E-state index contributed by atoms with van der Waals surface area (Å²) in [6.45, 7) is 1.92. The van der Waals surface area contributed by atoms with Crippen LogP contribution in [0, 0.1) is 5.92 Å². The smallest absolute Gasteiger partial charge is 0.227 e. The minimum atomic E-state index is -3.22. The molecule has 1 aromatic rings. The van der Waals surface area contributed by atoms with Gasteiger partial charge < -0.3 is 14.7 Å². The number of nitrogens with zero attached hydrogens (tertiary/aromatic N) is 1. The summed E-state index contributed by atoms with van der Waals surface area (Å²) in [5.74, 6) is -0.102. The molecule has 22 heavy (non-hydrogen) atoms. The summed E-state index contributed by atoms with van der Waals surface area (Å²) in [5, 5.41) is 9.24. The first-order valence-corrected chi connectivity index (χ1v) is 9.04. The standard InChI is InChI=1S/C15H21NO5S/c1-22(19,20)14-4-2-12(3-5-14)8-15(18)16-6-7-21-11-13(9-16)10-17/h2-5,13,17H,6-11H2,1H3/t13-/m0/s1. The molecule has 1 aromatic carbocycles. The third-order valence-electron chi connectivity index (χ3n) is 3.66. The number of sulfone groups is 1. The average Bonchev–Trinajstić information content (AvgIpc) is 2.72. The van der Waals surface area contributed by atoms with Crippen LogP contribution in [0.15, 0.2) is 29.2 Å². The van der Waals surface area contributed by atoms with Crippen molar-refractivity contribution in [3.8, 4) is 0 Å². The van der Waals surface area contributed by atoms with Gasteiger partial charge in [0, 0.05) is 31.9 Å². The number of hydrogen-bond donors (Lipinski definition) is 1. The molecule has 0 radical (unpaired) electrons. The Kier molecular flexibility index (Phi) is 5.55. The van der Waals surface area contributed by atoms with Gasteiger partial charge in [-0.2, -0.15) is 0 Å². The topological polar surface area (TPSA) is 83.9 Å². The van der Waals surface area contributed by atoms with Gasteiger partial charge in [-0.1, -0.05) is 12.1 Å². The van der Waals surface area contributed by atoms with Gasteiger partial charge in [-0.3, -0.25) is 4.79 Å². The molecule has 0 saturated carbocycles. The number of rotatable bonds is 4. The second-order valence-electron chi connectivity index (χ2n) is 5.56. The van der Waals surface area contributed by atoms with E-state index < -0.39 is 9.84 Å². The van der Waals surface area contributed by atoms with Crippen molar-refractivity contribution < 1.29 is 23.1 Å². The first kappa shape index (κ1) is 16.9. The van der Waals surface area contributed by atoms with Gasteiger partial charge >= 0.3 is 0 Å². The SMILES string of the molecule is CS(=O)(=O)c1ccc(CC(=O)N2CCOC[C@H](CO)C2)cc1. The number of carbonyl (C=O) groups is 1. The zero-order valence-electron chi connectivity index (χ0n) is 12.6. The zero-order valence-corrected chi connectivity index (χ0v) is 13.4. The summed E-state index contributed by atoms with van der Waals surface area (Å²) in [4.78, 5) is 14.3. The lowest BCUT2D eigenvalue weighted by molar-refractivity contribution is -0.131. The molecule has 0 aromatic heterocycles. The van der Waals surface area contributed by atoms with Crippen molar-refractivity contribution in [3.05, 3.63) is 29.8 Å². The zero-order chi connectivity index (χ0) is 16.2. The third-order valence-corrected chi connectivity index (χ3v) is 4.78. The van der Waals surface area contributed by atoms with E-state index in [0.717, 1.165) is 11.8 Å². The molecule has 1 N–H and O–H groups in total. The monoisotopic (exact) mass is 327 g/mol. The van der Waals surface area contributed by atoms with Crippen LogP contribution in [-0.2, 0) is 25.8 Å². The van der Waals surface area contributed by atoms with Crippen molar-refractivity contribution in [2.75, 3.05) is 39.2 Å². The van der Waals surface area contributed by atoms with Crippen molar-refractivity contribution >= 4 is 15.7 Å². The summed E-state index contributed by atoms with van der Waals surface area (Å²) in [6.07, 6.45) is 1.36. The lowest BCUT2D eigenvalue weighted by atomic mass is 10.1. The Morgan fingerprint density at radius 2 is 2.05 bits per heavy atom. The highest BCUT2D eigenvalue weighted by Gasteiger charge is 2.22. The largest absolute Gasteiger partial charge is 0.396 e. The Labute approximate surface area is 130 Å². The highest BCUT2D eigenvalue weighted by atomic mass is 32.2. The molecule has 1 aliphatic rings. The molecule has 7 heteroatoms. The van der Waals surface area contributed by atoms with E-state index in [2.05, 4.69) is 0 Å². The summed E-state index contributed by atoms with van der Waals surface area (Å²) in [5.41, 5.74) is 0.767. The van der Waals surface area contributed by atoms with Gasteiger partial charge in [0.2, 0.25) is 5.91 Å². The fourth-order valence-electron chi connectivity index (χ4n) is 2.36. The van der Waals surface area contributed by atoms with E-state index in [9.17, 15) is 18.3 Å². The minimum Gasteiger partial charge on any atom is -0.396 e. The van der Waals surface area contributed by atoms with Crippen LogP contribution in [0.1, 0.15) is 5.56 Å². The molecule has 1 saturated heterocycles. The molecule has 1 amide bonds. The number of aliphatic hydroxyl groups excluding tert-OH is 1. The van der Waals surface area contributed by atoms with Crippen LogP contribution in [-0.4, -0.2) is 63.5 Å². The molecular weight excluding hydrogens is 306 g/mol. The number of amides is 1. The number of ether oxygens (including phenoxy) is 1. The van der Waals surface area contributed by atoms with E-state index in [4.69, 9.17) is 4.74 Å². The van der Waals surface area contributed by atoms with Crippen LogP contribution in [0.5, 0.6) is 0 Å². The molecule has 0 spiro atoms. The van der Waals surface area contributed by atoms with Crippen molar-refractivity contribution in [1.82, 2.24) is 4.90 Å². The summed E-state index contributed by atoms with van der Waals surface area (Å²) in [6, 6.07) is 6.35. The van der Waals surface area contributed by atoms with E-state index in [1.54, 1.807) is 17.0 Å². The van der Waals surface area contributed by atoms with E-state index >= 15 is 0 Å². The van der Waals surface area contributed by atoms with Crippen LogP contribution < -0.4 is 0 Å². The lowest BCUT2D eigenvalue weighted by Crippen LogP contribution is -2.37. The molecule has 122 valence electrons.